The Morgan fingerprint density at radius 1 is 1.26 bits per heavy atom. The predicted molar refractivity (Wildman–Crippen MR) is 69.1 cm³/mol. The summed E-state index contributed by atoms with van der Waals surface area (Å²) in [6.07, 6.45) is 1.46. The Kier molecular flexibility index (Phi) is 4.52. The lowest BCUT2D eigenvalue weighted by Crippen LogP contribution is -2.39. The molecule has 1 aliphatic rings. The molecule has 102 valence electrons. The molecule has 0 atom stereocenters. The number of hydrogen-bond acceptors (Lipinski definition) is 3. The van der Waals surface area contributed by atoms with E-state index in [1.807, 2.05) is 0 Å². The lowest BCUT2D eigenvalue weighted by atomic mass is 10.0. The van der Waals surface area contributed by atoms with Crippen molar-refractivity contribution in [3.63, 3.8) is 0 Å². The van der Waals surface area contributed by atoms with Crippen molar-refractivity contribution in [2.75, 3.05) is 13.2 Å². The fourth-order valence-electron chi connectivity index (χ4n) is 2.16. The lowest BCUT2D eigenvalue weighted by Gasteiger charge is -2.23. The van der Waals surface area contributed by atoms with Crippen LogP contribution in [0.4, 0.5) is 0 Å². The number of hydrogen-bond donors (Lipinski definition) is 2. The highest BCUT2D eigenvalue weighted by molar-refractivity contribution is 5.96. The summed E-state index contributed by atoms with van der Waals surface area (Å²) in [4.78, 5) is 23.0. The van der Waals surface area contributed by atoms with Gasteiger partial charge in [-0.3, -0.25) is 9.59 Å². The molecule has 2 rings (SSSR count). The molecule has 0 radical (unpaired) electrons. The normalized spacial score (nSPS) is 16.0. The Bertz CT molecular complexity index is 466. The molecule has 1 fully saturated rings. The van der Waals surface area contributed by atoms with Crippen LogP contribution in [0.3, 0.4) is 0 Å². The van der Waals surface area contributed by atoms with Crippen molar-refractivity contribution < 1.29 is 19.4 Å². The monoisotopic (exact) mass is 263 g/mol. The highest BCUT2D eigenvalue weighted by Crippen LogP contribution is 2.12. The Hall–Kier alpha value is -1.88. The van der Waals surface area contributed by atoms with E-state index in [9.17, 15) is 9.59 Å². The SMILES string of the molecule is O=C(O)Cc1ccccc1C(=O)NC1CCOCC1. The zero-order valence-electron chi connectivity index (χ0n) is 10.6. The highest BCUT2D eigenvalue weighted by atomic mass is 16.5. The maximum atomic E-state index is 12.2. The van der Waals surface area contributed by atoms with Crippen LogP contribution in [-0.4, -0.2) is 36.2 Å². The second-order valence-corrected chi connectivity index (χ2v) is 4.59. The van der Waals surface area contributed by atoms with E-state index in [2.05, 4.69) is 5.32 Å². The van der Waals surface area contributed by atoms with Gasteiger partial charge in [0.1, 0.15) is 0 Å². The van der Waals surface area contributed by atoms with Gasteiger partial charge in [-0.25, -0.2) is 0 Å². The summed E-state index contributed by atoms with van der Waals surface area (Å²) in [5, 5.41) is 11.8. The van der Waals surface area contributed by atoms with Crippen LogP contribution >= 0.6 is 0 Å². The maximum Gasteiger partial charge on any atom is 0.307 e. The molecule has 5 nitrogen and oxygen atoms in total. The molecular weight excluding hydrogens is 246 g/mol. The van der Waals surface area contributed by atoms with Crippen molar-refractivity contribution >= 4 is 11.9 Å². The topological polar surface area (TPSA) is 75.6 Å². The van der Waals surface area contributed by atoms with Crippen LogP contribution in [0, 0.1) is 0 Å². The molecule has 19 heavy (non-hydrogen) atoms. The van der Waals surface area contributed by atoms with Crippen molar-refractivity contribution in [1.29, 1.82) is 0 Å². The summed E-state index contributed by atoms with van der Waals surface area (Å²) in [5.41, 5.74) is 0.982. The minimum Gasteiger partial charge on any atom is -0.481 e. The van der Waals surface area contributed by atoms with E-state index in [0.29, 0.717) is 24.3 Å². The van der Waals surface area contributed by atoms with Crippen LogP contribution in [0.25, 0.3) is 0 Å². The summed E-state index contributed by atoms with van der Waals surface area (Å²) >= 11 is 0. The van der Waals surface area contributed by atoms with Gasteiger partial charge in [-0.2, -0.15) is 0 Å². The molecule has 0 aliphatic carbocycles. The minimum absolute atomic E-state index is 0.110. The number of carboxylic acid groups (broad SMARTS) is 1. The average Bonchev–Trinajstić information content (AvgIpc) is 2.39. The smallest absolute Gasteiger partial charge is 0.307 e. The van der Waals surface area contributed by atoms with Gasteiger partial charge in [0.25, 0.3) is 5.91 Å². The van der Waals surface area contributed by atoms with Crippen LogP contribution in [0.5, 0.6) is 0 Å². The molecule has 2 N–H and O–H groups in total. The number of carbonyl (C=O) groups is 2. The zero-order valence-corrected chi connectivity index (χ0v) is 10.6. The van der Waals surface area contributed by atoms with Crippen LogP contribution in [0.2, 0.25) is 0 Å². The second kappa shape index (κ2) is 6.33. The van der Waals surface area contributed by atoms with Gasteiger partial charge in [-0.1, -0.05) is 18.2 Å². The van der Waals surface area contributed by atoms with Crippen LogP contribution in [0.1, 0.15) is 28.8 Å². The fraction of sp³-hybridized carbons (Fsp3) is 0.429. The summed E-state index contributed by atoms with van der Waals surface area (Å²) in [5.74, 6) is -1.14. The van der Waals surface area contributed by atoms with E-state index >= 15 is 0 Å². The molecular formula is C14H17NO4. The quantitative estimate of drug-likeness (QED) is 0.856. The fourth-order valence-corrected chi connectivity index (χ4v) is 2.16. The van der Waals surface area contributed by atoms with E-state index in [1.54, 1.807) is 24.3 Å². The Labute approximate surface area is 111 Å². The van der Waals surface area contributed by atoms with E-state index in [4.69, 9.17) is 9.84 Å². The Morgan fingerprint density at radius 3 is 2.63 bits per heavy atom. The molecule has 1 heterocycles. The van der Waals surface area contributed by atoms with Crippen LogP contribution in [0.15, 0.2) is 24.3 Å². The number of carboxylic acids is 1. The summed E-state index contributed by atoms with van der Waals surface area (Å²) in [6.45, 7) is 1.31. The molecule has 1 aromatic carbocycles. The number of aliphatic carboxylic acids is 1. The standard InChI is InChI=1S/C14H17NO4/c16-13(17)9-10-3-1-2-4-12(10)14(18)15-11-5-7-19-8-6-11/h1-4,11H,5-9H2,(H,15,18)(H,16,17). The molecule has 1 aromatic rings. The number of carbonyl (C=O) groups excluding carboxylic acids is 1. The Balaban J connectivity index is 2.07. The van der Waals surface area contributed by atoms with Crippen LogP contribution in [-0.2, 0) is 16.0 Å². The van der Waals surface area contributed by atoms with Gasteiger partial charge in [0.05, 0.1) is 6.42 Å². The molecule has 0 unspecified atom stereocenters. The molecule has 0 bridgehead atoms. The van der Waals surface area contributed by atoms with Gasteiger partial charge in [0, 0.05) is 24.8 Å². The number of rotatable bonds is 4. The molecule has 1 aliphatic heterocycles. The summed E-state index contributed by atoms with van der Waals surface area (Å²) in [6, 6.07) is 6.92. The van der Waals surface area contributed by atoms with Crippen LogP contribution < -0.4 is 5.32 Å². The van der Waals surface area contributed by atoms with Crippen molar-refractivity contribution in [3.8, 4) is 0 Å². The predicted octanol–water partition coefficient (Wildman–Crippen LogP) is 1.22. The van der Waals surface area contributed by atoms with E-state index in [-0.39, 0.29) is 18.4 Å². The van der Waals surface area contributed by atoms with Gasteiger partial charge in [0.15, 0.2) is 0 Å². The lowest BCUT2D eigenvalue weighted by molar-refractivity contribution is -0.136. The first-order chi connectivity index (χ1) is 9.16. The van der Waals surface area contributed by atoms with Gasteiger partial charge in [-0.05, 0) is 24.5 Å². The summed E-state index contributed by atoms with van der Waals surface area (Å²) in [7, 11) is 0. The van der Waals surface area contributed by atoms with E-state index in [1.165, 1.54) is 0 Å². The molecule has 0 spiro atoms. The number of amides is 1. The molecule has 0 saturated carbocycles. The average molecular weight is 263 g/mol. The number of ether oxygens (including phenoxy) is 1. The third-order valence-electron chi connectivity index (χ3n) is 3.16. The molecule has 0 aromatic heterocycles. The third kappa shape index (κ3) is 3.79. The van der Waals surface area contributed by atoms with Crippen molar-refractivity contribution in [2.24, 2.45) is 0 Å². The first-order valence-electron chi connectivity index (χ1n) is 6.35. The minimum atomic E-state index is -0.939. The van der Waals surface area contributed by atoms with Gasteiger partial charge in [0.2, 0.25) is 0 Å². The largest absolute Gasteiger partial charge is 0.481 e. The highest BCUT2D eigenvalue weighted by Gasteiger charge is 2.19. The van der Waals surface area contributed by atoms with Gasteiger partial charge in [-0.15, -0.1) is 0 Å². The molecule has 1 amide bonds. The van der Waals surface area contributed by atoms with Gasteiger partial charge < -0.3 is 15.2 Å². The van der Waals surface area contributed by atoms with Crippen molar-refractivity contribution in [3.05, 3.63) is 35.4 Å². The zero-order chi connectivity index (χ0) is 13.7. The van der Waals surface area contributed by atoms with Crippen molar-refractivity contribution in [2.45, 2.75) is 25.3 Å². The maximum absolute atomic E-state index is 12.2. The number of nitrogens with one attached hydrogen (secondary N) is 1. The number of benzene rings is 1. The first kappa shape index (κ1) is 13.5. The van der Waals surface area contributed by atoms with E-state index in [0.717, 1.165) is 12.8 Å². The molecule has 5 heteroatoms. The third-order valence-corrected chi connectivity index (χ3v) is 3.16. The second-order valence-electron chi connectivity index (χ2n) is 4.59. The van der Waals surface area contributed by atoms with E-state index < -0.39 is 5.97 Å². The first-order valence-corrected chi connectivity index (χ1v) is 6.35. The summed E-state index contributed by atoms with van der Waals surface area (Å²) < 4.78 is 5.23. The van der Waals surface area contributed by atoms with Crippen molar-refractivity contribution in [1.82, 2.24) is 5.32 Å². The molecule has 1 saturated heterocycles. The Morgan fingerprint density at radius 2 is 1.95 bits per heavy atom. The van der Waals surface area contributed by atoms with Gasteiger partial charge >= 0.3 is 5.97 Å².